The summed E-state index contributed by atoms with van der Waals surface area (Å²) in [5, 5.41) is 17.6. The average molecular weight is 183 g/mol. The van der Waals surface area contributed by atoms with Crippen LogP contribution < -0.4 is 0 Å². The van der Waals surface area contributed by atoms with Crippen LogP contribution in [-0.2, 0) is 0 Å². The van der Waals surface area contributed by atoms with Crippen LogP contribution in [0.3, 0.4) is 0 Å². The normalized spacial score (nSPS) is 14.9. The van der Waals surface area contributed by atoms with E-state index < -0.39 is 0 Å². The summed E-state index contributed by atoms with van der Waals surface area (Å²) >= 11 is 0. The van der Waals surface area contributed by atoms with Crippen LogP contribution in [0.15, 0.2) is 0 Å². The molecule has 0 rings (SSSR count). The molecule has 2 unspecified atom stereocenters. The molecule has 2 heteroatoms. The lowest BCUT2D eigenvalue weighted by Gasteiger charge is -2.16. The summed E-state index contributed by atoms with van der Waals surface area (Å²) in [6.07, 6.45) is 5.64. The van der Waals surface area contributed by atoms with E-state index >= 15 is 0 Å². The van der Waals surface area contributed by atoms with E-state index in [1.165, 1.54) is 19.3 Å². The van der Waals surface area contributed by atoms with Gasteiger partial charge in [-0.05, 0) is 12.3 Å². The molecular formula is C11H21NO. The van der Waals surface area contributed by atoms with Crippen molar-refractivity contribution in [3.8, 4) is 6.07 Å². The van der Waals surface area contributed by atoms with Crippen LogP contribution in [0.1, 0.15) is 46.0 Å². The third kappa shape index (κ3) is 5.65. The highest BCUT2D eigenvalue weighted by Gasteiger charge is 2.13. The third-order valence-electron chi connectivity index (χ3n) is 2.56. The molecule has 0 heterocycles. The number of aliphatic hydroxyl groups is 1. The van der Waals surface area contributed by atoms with Crippen molar-refractivity contribution in [2.45, 2.75) is 46.0 Å². The van der Waals surface area contributed by atoms with E-state index in [1.54, 1.807) is 0 Å². The quantitative estimate of drug-likeness (QED) is 0.659. The summed E-state index contributed by atoms with van der Waals surface area (Å²) in [7, 11) is 0. The zero-order valence-electron chi connectivity index (χ0n) is 8.79. The van der Waals surface area contributed by atoms with E-state index in [0.717, 1.165) is 12.8 Å². The molecule has 0 aliphatic heterocycles. The number of hydrogen-bond acceptors (Lipinski definition) is 2. The number of nitrogens with zero attached hydrogens (tertiary/aromatic N) is 1. The highest BCUT2D eigenvalue weighted by molar-refractivity contribution is 4.83. The molecule has 76 valence electrons. The highest BCUT2D eigenvalue weighted by Crippen LogP contribution is 2.20. The van der Waals surface area contributed by atoms with E-state index in [2.05, 4.69) is 19.9 Å². The van der Waals surface area contributed by atoms with Gasteiger partial charge in [-0.3, -0.25) is 0 Å². The predicted octanol–water partition coefficient (Wildman–Crippen LogP) is 2.72. The van der Waals surface area contributed by atoms with Crippen LogP contribution in [-0.4, -0.2) is 11.7 Å². The Morgan fingerprint density at radius 3 is 2.46 bits per heavy atom. The molecule has 0 saturated carbocycles. The first-order valence-corrected chi connectivity index (χ1v) is 5.28. The van der Waals surface area contributed by atoms with Crippen LogP contribution in [0.2, 0.25) is 0 Å². The summed E-state index contributed by atoms with van der Waals surface area (Å²) in [5.74, 6) is 0.471. The van der Waals surface area contributed by atoms with Crippen molar-refractivity contribution in [3.63, 3.8) is 0 Å². The average Bonchev–Trinajstić information content (AvgIpc) is 2.19. The molecule has 1 N–H and O–H groups in total. The van der Waals surface area contributed by atoms with Crippen molar-refractivity contribution >= 4 is 0 Å². The van der Waals surface area contributed by atoms with Gasteiger partial charge in [0, 0.05) is 0 Å². The number of nitriles is 1. The zero-order chi connectivity index (χ0) is 10.1. The molecule has 0 aliphatic rings. The van der Waals surface area contributed by atoms with Crippen LogP contribution in [0.5, 0.6) is 0 Å². The van der Waals surface area contributed by atoms with E-state index in [-0.39, 0.29) is 12.5 Å². The molecule has 0 saturated heterocycles. The van der Waals surface area contributed by atoms with Gasteiger partial charge in [-0.15, -0.1) is 0 Å². The number of rotatable bonds is 7. The van der Waals surface area contributed by atoms with Crippen LogP contribution in [0.25, 0.3) is 0 Å². The minimum atomic E-state index is -0.151. The summed E-state index contributed by atoms with van der Waals surface area (Å²) in [6, 6.07) is 2.14. The Bertz CT molecular complexity index is 151. The maximum atomic E-state index is 8.87. The lowest BCUT2D eigenvalue weighted by molar-refractivity contribution is 0.227. The lowest BCUT2D eigenvalue weighted by Crippen LogP contribution is -2.10. The molecule has 0 aromatic heterocycles. The molecule has 2 nitrogen and oxygen atoms in total. The molecular weight excluding hydrogens is 162 g/mol. The SMILES string of the molecule is CCCCC(CC)CC(C#N)CO. The van der Waals surface area contributed by atoms with Crippen molar-refractivity contribution in [1.82, 2.24) is 0 Å². The van der Waals surface area contributed by atoms with Crippen molar-refractivity contribution in [3.05, 3.63) is 0 Å². The lowest BCUT2D eigenvalue weighted by atomic mass is 9.90. The molecule has 0 amide bonds. The minimum absolute atomic E-state index is 0.0130. The molecule has 0 bridgehead atoms. The summed E-state index contributed by atoms with van der Waals surface area (Å²) in [6.45, 7) is 4.35. The molecule has 13 heavy (non-hydrogen) atoms. The van der Waals surface area contributed by atoms with Gasteiger partial charge >= 0.3 is 0 Å². The largest absolute Gasteiger partial charge is 0.395 e. The summed E-state index contributed by atoms with van der Waals surface area (Å²) in [5.41, 5.74) is 0. The van der Waals surface area contributed by atoms with Crippen LogP contribution in [0, 0.1) is 23.2 Å². The molecule has 0 aliphatic carbocycles. The van der Waals surface area contributed by atoms with Crippen molar-refractivity contribution < 1.29 is 5.11 Å². The molecule has 0 aromatic rings. The topological polar surface area (TPSA) is 44.0 Å². The first-order chi connectivity index (χ1) is 6.28. The third-order valence-corrected chi connectivity index (χ3v) is 2.56. The molecule has 0 aromatic carbocycles. The zero-order valence-corrected chi connectivity index (χ0v) is 8.79. The van der Waals surface area contributed by atoms with Gasteiger partial charge in [-0.1, -0.05) is 39.5 Å². The van der Waals surface area contributed by atoms with Gasteiger partial charge in [0.15, 0.2) is 0 Å². The second-order valence-electron chi connectivity index (χ2n) is 3.66. The van der Waals surface area contributed by atoms with Crippen molar-refractivity contribution in [1.29, 1.82) is 5.26 Å². The molecule has 2 atom stereocenters. The fraction of sp³-hybridized carbons (Fsp3) is 0.909. The van der Waals surface area contributed by atoms with E-state index in [4.69, 9.17) is 10.4 Å². The van der Waals surface area contributed by atoms with Gasteiger partial charge in [0.05, 0.1) is 18.6 Å². The van der Waals surface area contributed by atoms with E-state index in [9.17, 15) is 0 Å². The Morgan fingerprint density at radius 1 is 1.38 bits per heavy atom. The van der Waals surface area contributed by atoms with E-state index in [1.807, 2.05) is 0 Å². The number of unbranched alkanes of at least 4 members (excludes halogenated alkanes) is 1. The smallest absolute Gasteiger partial charge is 0.0697 e. The van der Waals surface area contributed by atoms with Gasteiger partial charge in [0.2, 0.25) is 0 Å². The number of aliphatic hydroxyl groups excluding tert-OH is 1. The molecule has 0 radical (unpaired) electrons. The fourth-order valence-corrected chi connectivity index (χ4v) is 1.55. The standard InChI is InChI=1S/C11H21NO/c1-3-5-6-10(4-2)7-11(8-12)9-13/h10-11,13H,3-7,9H2,1-2H3. The second-order valence-corrected chi connectivity index (χ2v) is 3.66. The van der Waals surface area contributed by atoms with Gasteiger partial charge in [-0.2, -0.15) is 5.26 Å². The highest BCUT2D eigenvalue weighted by atomic mass is 16.3. The summed E-state index contributed by atoms with van der Waals surface area (Å²) in [4.78, 5) is 0. The number of hydrogen-bond donors (Lipinski definition) is 1. The van der Waals surface area contributed by atoms with Gasteiger partial charge < -0.3 is 5.11 Å². The second kappa shape index (κ2) is 8.07. The maximum Gasteiger partial charge on any atom is 0.0697 e. The molecule has 0 fully saturated rings. The first kappa shape index (κ1) is 12.4. The Hall–Kier alpha value is -0.550. The van der Waals surface area contributed by atoms with Crippen LogP contribution >= 0.6 is 0 Å². The Labute approximate surface area is 81.6 Å². The Balaban J connectivity index is 3.75. The Kier molecular flexibility index (Phi) is 7.73. The van der Waals surface area contributed by atoms with Crippen molar-refractivity contribution in [2.24, 2.45) is 11.8 Å². The summed E-state index contributed by atoms with van der Waals surface area (Å²) < 4.78 is 0. The van der Waals surface area contributed by atoms with E-state index in [0.29, 0.717) is 5.92 Å². The van der Waals surface area contributed by atoms with Gasteiger partial charge in [-0.25, -0.2) is 0 Å². The minimum Gasteiger partial charge on any atom is -0.395 e. The monoisotopic (exact) mass is 183 g/mol. The Morgan fingerprint density at radius 2 is 2.08 bits per heavy atom. The first-order valence-electron chi connectivity index (χ1n) is 5.28. The van der Waals surface area contributed by atoms with Crippen LogP contribution in [0.4, 0.5) is 0 Å². The maximum absolute atomic E-state index is 8.87. The van der Waals surface area contributed by atoms with Crippen molar-refractivity contribution in [2.75, 3.05) is 6.61 Å². The van der Waals surface area contributed by atoms with Gasteiger partial charge in [0.1, 0.15) is 0 Å². The van der Waals surface area contributed by atoms with Gasteiger partial charge in [0.25, 0.3) is 0 Å². The fourth-order valence-electron chi connectivity index (χ4n) is 1.55. The predicted molar refractivity (Wildman–Crippen MR) is 54.1 cm³/mol. The molecule has 0 spiro atoms.